The summed E-state index contributed by atoms with van der Waals surface area (Å²) in [6.07, 6.45) is 0. The topological polar surface area (TPSA) is 49.9 Å². The van der Waals surface area contributed by atoms with Crippen LogP contribution in [-0.2, 0) is 0 Å². The molecule has 0 rings (SSSR count). The van der Waals surface area contributed by atoms with Gasteiger partial charge in [0, 0.05) is 0 Å². The van der Waals surface area contributed by atoms with E-state index in [1.807, 2.05) is 13.8 Å². The molecular formula is C6H12N2. The Labute approximate surface area is 49.9 Å². The highest BCUT2D eigenvalue weighted by atomic mass is 14.7. The van der Waals surface area contributed by atoms with Gasteiger partial charge in [-0.15, -0.1) is 0 Å². The first-order chi connectivity index (χ1) is 3.55. The zero-order valence-corrected chi connectivity index (χ0v) is 5.36. The Morgan fingerprint density at radius 3 is 2.00 bits per heavy atom. The number of hydrogen-bond donors (Lipinski definition) is 2. The second-order valence-electron chi connectivity index (χ2n) is 2.09. The molecule has 2 nitrogen and oxygen atoms in total. The third kappa shape index (κ3) is 1.78. The van der Waals surface area contributed by atoms with Crippen molar-refractivity contribution in [1.29, 1.82) is 5.41 Å². The fraction of sp³-hybridized carbons (Fsp3) is 0.500. The predicted octanol–water partition coefficient (Wildman–Crippen LogP) is 1.13. The van der Waals surface area contributed by atoms with Gasteiger partial charge in [0.2, 0.25) is 0 Å². The Kier molecular flexibility index (Phi) is 2.25. The van der Waals surface area contributed by atoms with E-state index in [1.165, 1.54) is 0 Å². The summed E-state index contributed by atoms with van der Waals surface area (Å²) >= 11 is 0. The first kappa shape index (κ1) is 7.21. The largest absolute Gasteiger partial charge is 0.384 e. The van der Waals surface area contributed by atoms with Gasteiger partial charge in [0.05, 0.1) is 0 Å². The van der Waals surface area contributed by atoms with E-state index in [4.69, 9.17) is 11.1 Å². The molecule has 0 unspecified atom stereocenters. The third-order valence-electron chi connectivity index (χ3n) is 1.04. The minimum atomic E-state index is 0.0972. The zero-order chi connectivity index (χ0) is 6.73. The lowest BCUT2D eigenvalue weighted by Crippen LogP contribution is -2.15. The Hall–Kier alpha value is -0.790. The number of nitrogens with two attached hydrogens (primary N) is 1. The number of hydrogen-bond acceptors (Lipinski definition) is 1. The normalized spacial score (nSPS) is 9.38. The van der Waals surface area contributed by atoms with E-state index >= 15 is 0 Å². The van der Waals surface area contributed by atoms with E-state index in [9.17, 15) is 0 Å². The average Bonchev–Trinajstić information content (AvgIpc) is 1.64. The lowest BCUT2D eigenvalue weighted by atomic mass is 10.1. The van der Waals surface area contributed by atoms with E-state index in [2.05, 4.69) is 6.58 Å². The van der Waals surface area contributed by atoms with Crippen LogP contribution in [0.25, 0.3) is 0 Å². The van der Waals surface area contributed by atoms with Crippen LogP contribution in [-0.4, -0.2) is 5.84 Å². The van der Waals surface area contributed by atoms with E-state index < -0.39 is 0 Å². The van der Waals surface area contributed by atoms with Crippen molar-refractivity contribution in [3.8, 4) is 0 Å². The molecule has 0 spiro atoms. The first-order valence-electron chi connectivity index (χ1n) is 2.59. The number of nitrogens with one attached hydrogen (secondary N) is 1. The fourth-order valence-corrected chi connectivity index (χ4v) is 0.311. The van der Waals surface area contributed by atoms with Gasteiger partial charge < -0.3 is 5.73 Å². The molecule has 0 aromatic carbocycles. The van der Waals surface area contributed by atoms with Crippen LogP contribution in [0.4, 0.5) is 0 Å². The van der Waals surface area contributed by atoms with Crippen LogP contribution in [0.1, 0.15) is 13.8 Å². The average molecular weight is 112 g/mol. The maximum atomic E-state index is 6.91. The minimum Gasteiger partial charge on any atom is -0.384 e. The van der Waals surface area contributed by atoms with Gasteiger partial charge in [0.15, 0.2) is 0 Å². The van der Waals surface area contributed by atoms with Gasteiger partial charge in [-0.2, -0.15) is 0 Å². The van der Waals surface area contributed by atoms with Gasteiger partial charge in [-0.3, -0.25) is 5.41 Å². The molecule has 0 saturated carbocycles. The highest BCUT2D eigenvalue weighted by Gasteiger charge is 2.00. The lowest BCUT2D eigenvalue weighted by molar-refractivity contribution is 0.803. The van der Waals surface area contributed by atoms with Gasteiger partial charge >= 0.3 is 0 Å². The summed E-state index contributed by atoms with van der Waals surface area (Å²) in [7, 11) is 0. The quantitative estimate of drug-likeness (QED) is 0.408. The molecule has 0 aliphatic rings. The van der Waals surface area contributed by atoms with Crippen molar-refractivity contribution in [3.63, 3.8) is 0 Å². The molecule has 3 N–H and O–H groups in total. The predicted molar refractivity (Wildman–Crippen MR) is 35.9 cm³/mol. The Morgan fingerprint density at radius 2 is 2.00 bits per heavy atom. The van der Waals surface area contributed by atoms with Crippen molar-refractivity contribution in [1.82, 2.24) is 0 Å². The van der Waals surface area contributed by atoms with Crippen molar-refractivity contribution in [2.24, 2.45) is 11.7 Å². The van der Waals surface area contributed by atoms with Crippen LogP contribution < -0.4 is 5.73 Å². The third-order valence-corrected chi connectivity index (χ3v) is 1.04. The molecular weight excluding hydrogens is 100 g/mol. The second kappa shape index (κ2) is 2.50. The van der Waals surface area contributed by atoms with Crippen LogP contribution in [0.5, 0.6) is 0 Å². The van der Waals surface area contributed by atoms with E-state index in [0.29, 0.717) is 11.5 Å². The van der Waals surface area contributed by atoms with Gasteiger partial charge in [0.1, 0.15) is 5.84 Å². The molecule has 8 heavy (non-hydrogen) atoms. The number of rotatable bonds is 2. The van der Waals surface area contributed by atoms with Crippen LogP contribution >= 0.6 is 0 Å². The molecule has 0 bridgehead atoms. The molecule has 0 heterocycles. The molecule has 0 amide bonds. The fourth-order valence-electron chi connectivity index (χ4n) is 0.311. The summed E-state index contributed by atoms with van der Waals surface area (Å²) in [4.78, 5) is 0. The Balaban J connectivity index is 3.84. The van der Waals surface area contributed by atoms with Crippen molar-refractivity contribution < 1.29 is 0 Å². The SMILES string of the molecule is C=C(C(=N)N)C(C)C. The minimum absolute atomic E-state index is 0.0972. The summed E-state index contributed by atoms with van der Waals surface area (Å²) in [6, 6.07) is 0. The van der Waals surface area contributed by atoms with Crippen molar-refractivity contribution in [2.75, 3.05) is 0 Å². The smallest absolute Gasteiger partial charge is 0.118 e. The first-order valence-corrected chi connectivity index (χ1v) is 2.59. The summed E-state index contributed by atoms with van der Waals surface area (Å²) in [5.41, 5.74) is 5.83. The summed E-state index contributed by atoms with van der Waals surface area (Å²) in [5.74, 6) is 0.396. The Morgan fingerprint density at radius 1 is 1.62 bits per heavy atom. The Bertz CT molecular complexity index is 114. The standard InChI is InChI=1S/C6H12N2/c1-4(2)5(3)6(7)8/h4H,3H2,1-2H3,(H3,7,8). The molecule has 0 saturated heterocycles. The van der Waals surface area contributed by atoms with Crippen LogP contribution in [0.2, 0.25) is 0 Å². The molecule has 0 aromatic heterocycles. The molecule has 0 radical (unpaired) electrons. The van der Waals surface area contributed by atoms with Crippen LogP contribution in [0.15, 0.2) is 12.2 Å². The van der Waals surface area contributed by atoms with E-state index in [-0.39, 0.29) is 5.84 Å². The molecule has 0 aliphatic heterocycles. The van der Waals surface area contributed by atoms with E-state index in [0.717, 1.165) is 0 Å². The molecule has 0 aromatic rings. The van der Waals surface area contributed by atoms with Crippen LogP contribution in [0.3, 0.4) is 0 Å². The van der Waals surface area contributed by atoms with Crippen LogP contribution in [0, 0.1) is 11.3 Å². The molecule has 0 fully saturated rings. The van der Waals surface area contributed by atoms with Gasteiger partial charge in [-0.25, -0.2) is 0 Å². The van der Waals surface area contributed by atoms with E-state index in [1.54, 1.807) is 0 Å². The lowest BCUT2D eigenvalue weighted by Gasteiger charge is -2.04. The maximum absolute atomic E-state index is 6.91. The number of amidine groups is 1. The maximum Gasteiger partial charge on any atom is 0.118 e. The van der Waals surface area contributed by atoms with Gasteiger partial charge in [-0.1, -0.05) is 20.4 Å². The second-order valence-corrected chi connectivity index (χ2v) is 2.09. The molecule has 0 atom stereocenters. The summed E-state index contributed by atoms with van der Waals surface area (Å²) in [6.45, 7) is 7.53. The monoisotopic (exact) mass is 112 g/mol. The molecule has 2 heteroatoms. The molecule has 0 aliphatic carbocycles. The highest BCUT2D eigenvalue weighted by molar-refractivity contribution is 5.93. The van der Waals surface area contributed by atoms with Crippen molar-refractivity contribution >= 4 is 5.84 Å². The summed E-state index contributed by atoms with van der Waals surface area (Å²) < 4.78 is 0. The zero-order valence-electron chi connectivity index (χ0n) is 5.36. The van der Waals surface area contributed by atoms with Crippen molar-refractivity contribution in [3.05, 3.63) is 12.2 Å². The van der Waals surface area contributed by atoms with Crippen molar-refractivity contribution in [2.45, 2.75) is 13.8 Å². The van der Waals surface area contributed by atoms with Gasteiger partial charge in [0.25, 0.3) is 0 Å². The highest BCUT2D eigenvalue weighted by Crippen LogP contribution is 2.03. The van der Waals surface area contributed by atoms with Gasteiger partial charge in [-0.05, 0) is 11.5 Å². The summed E-state index contributed by atoms with van der Waals surface area (Å²) in [5, 5.41) is 6.91. The molecule has 46 valence electrons.